The zero-order valence-electron chi connectivity index (χ0n) is 12.9. The molecule has 0 saturated carbocycles. The first-order valence-electron chi connectivity index (χ1n) is 6.53. The number of halogens is 1. The number of hydrogen-bond acceptors (Lipinski definition) is 7. The third kappa shape index (κ3) is 4.13. The van der Waals surface area contributed by atoms with E-state index >= 15 is 0 Å². The van der Waals surface area contributed by atoms with Crippen molar-refractivity contribution < 1.29 is 9.84 Å². The van der Waals surface area contributed by atoms with Gasteiger partial charge in [0.1, 0.15) is 0 Å². The van der Waals surface area contributed by atoms with Gasteiger partial charge in [-0.1, -0.05) is 6.08 Å². The molecule has 1 heterocycles. The van der Waals surface area contributed by atoms with Gasteiger partial charge in [-0.2, -0.15) is 5.10 Å². The van der Waals surface area contributed by atoms with E-state index in [0.717, 1.165) is 5.56 Å². The number of hydrogen-bond donors (Lipinski definition) is 3. The summed E-state index contributed by atoms with van der Waals surface area (Å²) < 4.78 is 6.44. The molecule has 9 heteroatoms. The molecule has 1 aromatic heterocycles. The lowest BCUT2D eigenvalue weighted by molar-refractivity contribution is 0.371. The predicted octanol–water partition coefficient (Wildman–Crippen LogP) is 1.61. The molecule has 0 radical (unpaired) electrons. The lowest BCUT2D eigenvalue weighted by Gasteiger charge is -2.09. The highest BCUT2D eigenvalue weighted by Gasteiger charge is 2.09. The first-order chi connectivity index (χ1) is 10.6. The van der Waals surface area contributed by atoms with Crippen LogP contribution in [0.2, 0.25) is 0 Å². The van der Waals surface area contributed by atoms with Gasteiger partial charge in [-0.05, 0) is 31.0 Å². The molecule has 0 unspecified atom stereocenters. The molecule has 0 amide bonds. The Bertz CT molecular complexity index is 714. The van der Waals surface area contributed by atoms with Crippen molar-refractivity contribution in [3.63, 3.8) is 0 Å². The van der Waals surface area contributed by atoms with Crippen LogP contribution >= 0.6 is 12.4 Å². The highest BCUT2D eigenvalue weighted by atomic mass is 35.5. The van der Waals surface area contributed by atoms with E-state index in [0.29, 0.717) is 29.5 Å². The largest absolute Gasteiger partial charge is 0.504 e. The maximum Gasteiger partial charge on any atom is 0.263 e. The zero-order valence-corrected chi connectivity index (χ0v) is 13.7. The fraction of sp³-hybridized carbons (Fsp3) is 0.214. The molecular formula is C14H19ClN6O2. The standard InChI is InChI=1S/C14H18N6O2.ClH/c1-4-5-11-6-10(7-12(22-3)13(11)21)8-16-18-14-19-17-9(2)20(14)15;/h4,6-8,21H,1,5,15H2,2-3H3,(H,18,19);1H/b16-8+;. The Morgan fingerprint density at radius 2 is 2.22 bits per heavy atom. The molecule has 0 aliphatic rings. The molecule has 23 heavy (non-hydrogen) atoms. The van der Waals surface area contributed by atoms with Crippen LogP contribution in [0.4, 0.5) is 5.95 Å². The topological polar surface area (TPSA) is 111 Å². The lowest BCUT2D eigenvalue weighted by Crippen LogP contribution is -2.13. The fourth-order valence-corrected chi connectivity index (χ4v) is 1.84. The molecule has 0 saturated heterocycles. The van der Waals surface area contributed by atoms with Crippen molar-refractivity contribution in [1.29, 1.82) is 0 Å². The average Bonchev–Trinajstić information content (AvgIpc) is 2.82. The second-order valence-electron chi connectivity index (χ2n) is 4.53. The predicted molar refractivity (Wildman–Crippen MR) is 91.9 cm³/mol. The van der Waals surface area contributed by atoms with Crippen LogP contribution < -0.4 is 16.0 Å². The molecule has 0 spiro atoms. The van der Waals surface area contributed by atoms with Crippen LogP contribution in [0.5, 0.6) is 11.5 Å². The van der Waals surface area contributed by atoms with Gasteiger partial charge in [-0.3, -0.25) is 0 Å². The molecule has 0 aliphatic carbocycles. The van der Waals surface area contributed by atoms with Gasteiger partial charge in [0.15, 0.2) is 17.3 Å². The lowest BCUT2D eigenvalue weighted by atomic mass is 10.1. The number of aryl methyl sites for hydroxylation is 1. The minimum absolute atomic E-state index is 0. The summed E-state index contributed by atoms with van der Waals surface area (Å²) >= 11 is 0. The highest BCUT2D eigenvalue weighted by Crippen LogP contribution is 2.31. The first kappa shape index (κ1) is 18.3. The first-order valence-corrected chi connectivity index (χ1v) is 6.53. The average molecular weight is 339 g/mol. The molecule has 1 aromatic carbocycles. The monoisotopic (exact) mass is 338 g/mol. The van der Waals surface area contributed by atoms with Crippen LogP contribution in [0.3, 0.4) is 0 Å². The Morgan fingerprint density at radius 1 is 1.48 bits per heavy atom. The van der Waals surface area contributed by atoms with Crippen LogP contribution in [0.1, 0.15) is 17.0 Å². The van der Waals surface area contributed by atoms with E-state index in [1.165, 1.54) is 11.8 Å². The van der Waals surface area contributed by atoms with Crippen molar-refractivity contribution in [2.45, 2.75) is 13.3 Å². The molecule has 2 rings (SSSR count). The molecule has 2 aromatic rings. The summed E-state index contributed by atoms with van der Waals surface area (Å²) in [6.45, 7) is 5.40. The van der Waals surface area contributed by atoms with Crippen molar-refractivity contribution in [3.8, 4) is 11.5 Å². The number of anilines is 1. The minimum atomic E-state index is 0. The Hall–Kier alpha value is -2.74. The van der Waals surface area contributed by atoms with Crippen molar-refractivity contribution >= 4 is 24.6 Å². The van der Waals surface area contributed by atoms with Gasteiger partial charge >= 0.3 is 0 Å². The van der Waals surface area contributed by atoms with Gasteiger partial charge in [0.05, 0.1) is 13.3 Å². The molecule has 4 N–H and O–H groups in total. The maximum atomic E-state index is 10.0. The van der Waals surface area contributed by atoms with Crippen LogP contribution in [0.15, 0.2) is 29.9 Å². The number of hydrazone groups is 1. The van der Waals surface area contributed by atoms with Gasteiger partial charge < -0.3 is 15.7 Å². The number of nitrogen functional groups attached to an aromatic ring is 1. The zero-order chi connectivity index (χ0) is 16.1. The molecule has 0 atom stereocenters. The Kier molecular flexibility index (Phi) is 6.40. The van der Waals surface area contributed by atoms with Crippen molar-refractivity contribution in [2.24, 2.45) is 5.10 Å². The van der Waals surface area contributed by atoms with Gasteiger partial charge in [-0.25, -0.2) is 10.1 Å². The van der Waals surface area contributed by atoms with E-state index in [1.54, 1.807) is 31.3 Å². The summed E-state index contributed by atoms with van der Waals surface area (Å²) in [6.07, 6.45) is 3.79. The smallest absolute Gasteiger partial charge is 0.263 e. The van der Waals surface area contributed by atoms with Gasteiger partial charge in [0.25, 0.3) is 5.95 Å². The normalized spacial score (nSPS) is 10.3. The van der Waals surface area contributed by atoms with E-state index in [2.05, 4.69) is 27.3 Å². The van der Waals surface area contributed by atoms with Gasteiger partial charge in [0, 0.05) is 5.56 Å². The van der Waals surface area contributed by atoms with Crippen molar-refractivity contribution in [1.82, 2.24) is 14.9 Å². The quantitative estimate of drug-likeness (QED) is 0.319. The summed E-state index contributed by atoms with van der Waals surface area (Å²) in [5, 5.41) is 21.7. The van der Waals surface area contributed by atoms with E-state index in [-0.39, 0.29) is 18.2 Å². The number of nitrogens with two attached hydrogens (primary N) is 1. The van der Waals surface area contributed by atoms with E-state index in [1.807, 2.05) is 0 Å². The van der Waals surface area contributed by atoms with Crippen molar-refractivity contribution in [3.05, 3.63) is 41.7 Å². The van der Waals surface area contributed by atoms with E-state index < -0.39 is 0 Å². The molecule has 0 aliphatic heterocycles. The van der Waals surface area contributed by atoms with Crippen LogP contribution in [0.25, 0.3) is 0 Å². The van der Waals surface area contributed by atoms with Crippen LogP contribution in [-0.4, -0.2) is 33.3 Å². The van der Waals surface area contributed by atoms with Crippen LogP contribution in [-0.2, 0) is 6.42 Å². The number of nitrogens with one attached hydrogen (secondary N) is 1. The number of benzene rings is 1. The Balaban J connectivity index is 0.00000264. The fourth-order valence-electron chi connectivity index (χ4n) is 1.84. The number of allylic oxidation sites excluding steroid dienone is 1. The number of aromatic nitrogens is 3. The Morgan fingerprint density at radius 3 is 2.78 bits per heavy atom. The third-order valence-corrected chi connectivity index (χ3v) is 3.00. The molecule has 124 valence electrons. The minimum Gasteiger partial charge on any atom is -0.504 e. The summed E-state index contributed by atoms with van der Waals surface area (Å²) in [5.74, 6) is 7.07. The highest BCUT2D eigenvalue weighted by molar-refractivity contribution is 5.85. The molecule has 0 fully saturated rings. The molecule has 8 nitrogen and oxygen atoms in total. The summed E-state index contributed by atoms with van der Waals surface area (Å²) in [5.41, 5.74) is 4.15. The van der Waals surface area contributed by atoms with E-state index in [4.69, 9.17) is 10.6 Å². The van der Waals surface area contributed by atoms with Gasteiger partial charge in [0.2, 0.25) is 0 Å². The van der Waals surface area contributed by atoms with Gasteiger partial charge in [-0.15, -0.1) is 29.2 Å². The molecular weight excluding hydrogens is 320 g/mol. The van der Waals surface area contributed by atoms with E-state index in [9.17, 15) is 5.11 Å². The number of nitrogens with zero attached hydrogens (tertiary/aromatic N) is 4. The Labute approximate surface area is 140 Å². The third-order valence-electron chi connectivity index (χ3n) is 3.00. The summed E-state index contributed by atoms with van der Waals surface area (Å²) in [4.78, 5) is 0. The summed E-state index contributed by atoms with van der Waals surface area (Å²) in [6, 6.07) is 3.47. The summed E-state index contributed by atoms with van der Waals surface area (Å²) in [7, 11) is 1.49. The number of rotatable bonds is 6. The number of aromatic hydroxyl groups is 1. The second-order valence-corrected chi connectivity index (χ2v) is 4.53. The maximum absolute atomic E-state index is 10.0. The number of phenols is 1. The number of methoxy groups -OCH3 is 1. The number of phenolic OH excluding ortho intramolecular Hbond substituents is 1. The molecule has 0 bridgehead atoms. The van der Waals surface area contributed by atoms with Crippen molar-refractivity contribution in [2.75, 3.05) is 18.4 Å². The SMILES string of the molecule is C=CCc1cc(/C=N/Nc2nnc(C)n2N)cc(OC)c1O.Cl. The second kappa shape index (κ2) is 8.04. The number of ether oxygens (including phenoxy) is 1. The van der Waals surface area contributed by atoms with Crippen LogP contribution in [0, 0.1) is 6.92 Å².